The highest BCUT2D eigenvalue weighted by Gasteiger charge is 2.21. The number of fused-ring (bicyclic) bond motifs is 1. The van der Waals surface area contributed by atoms with Crippen molar-refractivity contribution in [1.82, 2.24) is 14.5 Å². The number of sulfone groups is 1. The second-order valence-electron chi connectivity index (χ2n) is 6.59. The number of pyridine rings is 1. The monoisotopic (exact) mass is 424 g/mol. The Morgan fingerprint density at radius 2 is 2.03 bits per heavy atom. The van der Waals surface area contributed by atoms with Gasteiger partial charge in [0.15, 0.2) is 15.7 Å². The first-order chi connectivity index (χ1) is 13.7. The maximum absolute atomic E-state index is 13.9. The molecule has 0 amide bonds. The van der Waals surface area contributed by atoms with E-state index in [0.29, 0.717) is 30.6 Å². The Morgan fingerprint density at radius 3 is 2.72 bits per heavy atom. The standard InChI is InChI=1S/C19H22F2N4O3S/c1-3-28-11-16-24-17-18(12(2)10-23-19(17)22)25(16)7-4-8-29(26,27)15-6-5-13(20)9-14(15)21/h5-6,9-10H,3-4,7-8,11H2,1-2H3,(H2,22,23). The van der Waals surface area contributed by atoms with E-state index in [1.165, 1.54) is 0 Å². The van der Waals surface area contributed by atoms with Crippen molar-refractivity contribution in [3.05, 3.63) is 47.4 Å². The van der Waals surface area contributed by atoms with E-state index < -0.39 is 26.4 Å². The summed E-state index contributed by atoms with van der Waals surface area (Å²) >= 11 is 0. The van der Waals surface area contributed by atoms with E-state index >= 15 is 0 Å². The fourth-order valence-corrected chi connectivity index (χ4v) is 4.52. The molecule has 0 bridgehead atoms. The molecule has 3 aromatic rings. The van der Waals surface area contributed by atoms with Crippen LogP contribution in [0.3, 0.4) is 0 Å². The lowest BCUT2D eigenvalue weighted by Gasteiger charge is -2.11. The maximum atomic E-state index is 13.9. The number of anilines is 1. The van der Waals surface area contributed by atoms with Crippen LogP contribution in [0, 0.1) is 18.6 Å². The molecule has 0 saturated heterocycles. The summed E-state index contributed by atoms with van der Waals surface area (Å²) in [7, 11) is -3.91. The van der Waals surface area contributed by atoms with Crippen LogP contribution in [0.25, 0.3) is 11.0 Å². The molecule has 156 valence electrons. The summed E-state index contributed by atoms with van der Waals surface area (Å²) in [6.45, 7) is 4.77. The molecule has 0 aliphatic carbocycles. The molecule has 0 atom stereocenters. The van der Waals surface area contributed by atoms with Crippen molar-refractivity contribution in [2.24, 2.45) is 0 Å². The van der Waals surface area contributed by atoms with Gasteiger partial charge >= 0.3 is 0 Å². The average molecular weight is 424 g/mol. The summed E-state index contributed by atoms with van der Waals surface area (Å²) in [4.78, 5) is 8.11. The van der Waals surface area contributed by atoms with Gasteiger partial charge in [-0.05, 0) is 38.0 Å². The Morgan fingerprint density at radius 1 is 1.28 bits per heavy atom. The Kier molecular flexibility index (Phi) is 6.13. The highest BCUT2D eigenvalue weighted by atomic mass is 32.2. The number of nitrogen functional groups attached to an aromatic ring is 1. The van der Waals surface area contributed by atoms with Gasteiger partial charge in [-0.1, -0.05) is 0 Å². The number of nitrogens with two attached hydrogens (primary N) is 1. The molecule has 0 radical (unpaired) electrons. The minimum Gasteiger partial charge on any atom is -0.382 e. The lowest BCUT2D eigenvalue weighted by atomic mass is 10.2. The number of ether oxygens (including phenoxy) is 1. The molecule has 29 heavy (non-hydrogen) atoms. The number of aromatic nitrogens is 3. The van der Waals surface area contributed by atoms with E-state index in [-0.39, 0.29) is 24.6 Å². The van der Waals surface area contributed by atoms with E-state index in [1.807, 2.05) is 18.4 Å². The molecule has 0 fully saturated rings. The molecule has 2 aromatic heterocycles. The van der Waals surface area contributed by atoms with Gasteiger partial charge < -0.3 is 15.0 Å². The number of nitrogens with zero attached hydrogens (tertiary/aromatic N) is 3. The van der Waals surface area contributed by atoms with Gasteiger partial charge in [0.05, 0.1) is 11.3 Å². The molecule has 1 aromatic carbocycles. The maximum Gasteiger partial charge on any atom is 0.181 e. The molecule has 10 heteroatoms. The van der Waals surface area contributed by atoms with Gasteiger partial charge in [0, 0.05) is 25.4 Å². The number of aryl methyl sites for hydroxylation is 2. The Balaban J connectivity index is 1.87. The van der Waals surface area contributed by atoms with Crippen LogP contribution < -0.4 is 5.73 Å². The van der Waals surface area contributed by atoms with E-state index in [1.54, 1.807) is 6.20 Å². The number of hydrogen-bond donors (Lipinski definition) is 1. The second kappa shape index (κ2) is 8.42. The van der Waals surface area contributed by atoms with Crippen LogP contribution in [0.2, 0.25) is 0 Å². The molecule has 2 N–H and O–H groups in total. The summed E-state index contributed by atoms with van der Waals surface area (Å²) in [5, 5.41) is 0. The quantitative estimate of drug-likeness (QED) is 0.558. The molecular weight excluding hydrogens is 402 g/mol. The number of benzene rings is 1. The van der Waals surface area contributed by atoms with Crippen molar-refractivity contribution in [3.63, 3.8) is 0 Å². The average Bonchev–Trinajstić information content (AvgIpc) is 3.02. The van der Waals surface area contributed by atoms with Crippen molar-refractivity contribution < 1.29 is 21.9 Å². The molecule has 0 unspecified atom stereocenters. The molecule has 0 spiro atoms. The summed E-state index contributed by atoms with van der Waals surface area (Å²) in [5.74, 6) is -1.33. The summed E-state index contributed by atoms with van der Waals surface area (Å²) in [6, 6.07) is 2.44. The van der Waals surface area contributed by atoms with Crippen LogP contribution in [0.5, 0.6) is 0 Å². The van der Waals surface area contributed by atoms with Gasteiger partial charge in [0.2, 0.25) is 0 Å². The zero-order valence-electron chi connectivity index (χ0n) is 16.2. The highest BCUT2D eigenvalue weighted by molar-refractivity contribution is 7.91. The van der Waals surface area contributed by atoms with Crippen molar-refractivity contribution in [3.8, 4) is 0 Å². The third-order valence-electron chi connectivity index (χ3n) is 4.52. The Hall–Kier alpha value is -2.59. The zero-order valence-corrected chi connectivity index (χ0v) is 17.0. The Labute approximate surface area is 167 Å². The third kappa shape index (κ3) is 4.38. The summed E-state index contributed by atoms with van der Waals surface area (Å²) in [6.07, 6.45) is 1.83. The summed E-state index contributed by atoms with van der Waals surface area (Å²) in [5.41, 5.74) is 8.08. The molecule has 3 rings (SSSR count). The summed E-state index contributed by atoms with van der Waals surface area (Å²) < 4.78 is 59.3. The van der Waals surface area contributed by atoms with E-state index in [9.17, 15) is 17.2 Å². The van der Waals surface area contributed by atoms with Crippen molar-refractivity contribution in [2.45, 2.75) is 38.3 Å². The van der Waals surface area contributed by atoms with E-state index in [2.05, 4.69) is 9.97 Å². The van der Waals surface area contributed by atoms with Crippen molar-refractivity contribution >= 4 is 26.7 Å². The predicted octanol–water partition coefficient (Wildman–Crippen LogP) is 3.00. The van der Waals surface area contributed by atoms with Gasteiger partial charge in [-0.2, -0.15) is 0 Å². The van der Waals surface area contributed by atoms with Crippen LogP contribution >= 0.6 is 0 Å². The number of hydrogen-bond acceptors (Lipinski definition) is 6. The molecular formula is C19H22F2N4O3S. The van der Waals surface area contributed by atoms with Crippen LogP contribution in [0.15, 0.2) is 29.3 Å². The van der Waals surface area contributed by atoms with Crippen LogP contribution in [-0.2, 0) is 27.7 Å². The minimum absolute atomic E-state index is 0.200. The second-order valence-corrected chi connectivity index (χ2v) is 8.67. The van der Waals surface area contributed by atoms with Crippen molar-refractivity contribution in [2.75, 3.05) is 18.1 Å². The molecule has 0 saturated carbocycles. The number of halogens is 2. The zero-order chi connectivity index (χ0) is 21.2. The lowest BCUT2D eigenvalue weighted by Crippen LogP contribution is -2.13. The van der Waals surface area contributed by atoms with E-state index in [0.717, 1.165) is 23.2 Å². The topological polar surface area (TPSA) is 100 Å². The first-order valence-corrected chi connectivity index (χ1v) is 10.8. The van der Waals surface area contributed by atoms with Gasteiger partial charge in [-0.3, -0.25) is 0 Å². The SMILES string of the molecule is CCOCc1nc2c(N)ncc(C)c2n1CCCS(=O)(=O)c1ccc(F)cc1F. The van der Waals surface area contributed by atoms with Crippen LogP contribution in [-0.4, -0.2) is 35.3 Å². The largest absolute Gasteiger partial charge is 0.382 e. The normalized spacial score (nSPS) is 12.0. The van der Waals surface area contributed by atoms with Crippen LogP contribution in [0.4, 0.5) is 14.6 Å². The fraction of sp³-hybridized carbons (Fsp3) is 0.368. The van der Waals surface area contributed by atoms with E-state index in [4.69, 9.17) is 10.5 Å². The molecule has 2 heterocycles. The van der Waals surface area contributed by atoms with Crippen LogP contribution in [0.1, 0.15) is 24.7 Å². The Bertz CT molecular complexity index is 1150. The fourth-order valence-electron chi connectivity index (χ4n) is 3.16. The predicted molar refractivity (Wildman–Crippen MR) is 105 cm³/mol. The molecule has 0 aliphatic rings. The molecule has 7 nitrogen and oxygen atoms in total. The number of imidazole rings is 1. The van der Waals surface area contributed by atoms with Gasteiger partial charge in [0.1, 0.15) is 34.5 Å². The minimum atomic E-state index is -3.91. The molecule has 0 aliphatic heterocycles. The van der Waals surface area contributed by atoms with Gasteiger partial charge in [-0.25, -0.2) is 27.2 Å². The first kappa shape index (κ1) is 21.1. The smallest absolute Gasteiger partial charge is 0.181 e. The van der Waals surface area contributed by atoms with Gasteiger partial charge in [-0.15, -0.1) is 0 Å². The van der Waals surface area contributed by atoms with Crippen molar-refractivity contribution in [1.29, 1.82) is 0 Å². The third-order valence-corrected chi connectivity index (χ3v) is 6.35. The first-order valence-electron chi connectivity index (χ1n) is 9.10. The van der Waals surface area contributed by atoms with Gasteiger partial charge in [0.25, 0.3) is 0 Å². The lowest BCUT2D eigenvalue weighted by molar-refractivity contribution is 0.126. The highest BCUT2D eigenvalue weighted by Crippen LogP contribution is 2.25. The number of rotatable bonds is 8.